The number of likely N-dealkylation sites (N-methyl/N-ethyl adjacent to an activating group) is 1. The van der Waals surface area contributed by atoms with Crippen LogP contribution in [0.1, 0.15) is 15.9 Å². The van der Waals surface area contributed by atoms with Crippen LogP contribution in [0.5, 0.6) is 5.75 Å². The molecule has 0 spiro atoms. The monoisotopic (exact) mass is 369 g/mol. The highest BCUT2D eigenvalue weighted by Gasteiger charge is 2.00. The number of nitrogens with zero attached hydrogens (tertiary/aromatic N) is 1. The van der Waals surface area contributed by atoms with Crippen molar-refractivity contribution in [3.63, 3.8) is 0 Å². The van der Waals surface area contributed by atoms with Crippen LogP contribution in [0.25, 0.3) is 6.08 Å². The molecule has 0 amide bonds. The number of rotatable bonds is 3. The van der Waals surface area contributed by atoms with Gasteiger partial charge < -0.3 is 10.0 Å². The summed E-state index contributed by atoms with van der Waals surface area (Å²) in [5.74, 6) is 0.0144. The molecule has 3 nitrogen and oxygen atoms in total. The molecule has 0 bridgehead atoms. The fraction of sp³-hybridized carbons (Fsp3) is 0.133. The lowest BCUT2D eigenvalue weighted by atomic mass is 10.1. The molecule has 1 aliphatic heterocycles. The van der Waals surface area contributed by atoms with Crippen molar-refractivity contribution in [1.29, 1.82) is 0 Å². The molecule has 19 heavy (non-hydrogen) atoms. The molecule has 1 aliphatic rings. The second-order valence-corrected chi connectivity index (χ2v) is 4.23. The summed E-state index contributed by atoms with van der Waals surface area (Å²) in [5, 5.41) is 9.40. The van der Waals surface area contributed by atoms with E-state index in [4.69, 9.17) is 0 Å². The van der Waals surface area contributed by atoms with Crippen molar-refractivity contribution in [3.8, 4) is 5.75 Å². The van der Waals surface area contributed by atoms with Gasteiger partial charge in [0.1, 0.15) is 5.75 Å². The summed E-state index contributed by atoms with van der Waals surface area (Å²) in [6.07, 6.45) is 10.7. The van der Waals surface area contributed by atoms with E-state index in [0.717, 1.165) is 17.7 Å². The average molecular weight is 369 g/mol. The van der Waals surface area contributed by atoms with E-state index in [1.54, 1.807) is 12.1 Å². The van der Waals surface area contributed by atoms with E-state index in [-0.39, 0.29) is 29.7 Å². The molecule has 4 heteroatoms. The molecule has 0 atom stereocenters. The largest absolute Gasteiger partial charge is 0.507 e. The van der Waals surface area contributed by atoms with Crippen molar-refractivity contribution in [2.24, 2.45) is 0 Å². The van der Waals surface area contributed by atoms with Crippen molar-refractivity contribution < 1.29 is 9.90 Å². The molecule has 1 aromatic rings. The summed E-state index contributed by atoms with van der Waals surface area (Å²) in [4.78, 5) is 12.8. The Bertz CT molecular complexity index is 547. The van der Waals surface area contributed by atoms with Crippen LogP contribution in [-0.2, 0) is 0 Å². The molecular formula is C15H16INO2. The molecule has 1 N–H and O–H groups in total. The number of aldehydes is 1. The molecule has 0 radical (unpaired) electrons. The van der Waals surface area contributed by atoms with Gasteiger partial charge in [-0.15, -0.1) is 24.0 Å². The SMILES string of the molecule is CN1C=CC(/C=C/c2ccc(O)c(C=O)c2)=CC1.I. The Morgan fingerprint density at radius 3 is 2.74 bits per heavy atom. The van der Waals surface area contributed by atoms with Crippen LogP contribution in [0.3, 0.4) is 0 Å². The molecule has 0 aromatic heterocycles. The molecule has 2 rings (SSSR count). The fourth-order valence-electron chi connectivity index (χ4n) is 1.68. The standard InChI is InChI=1S/C15H15NO2.HI/c1-16-8-6-12(7-9-16)2-3-13-4-5-15(18)14(10-13)11-17;/h2-8,10-11,18H,9H2,1H3;1H/b3-2+;. The van der Waals surface area contributed by atoms with Crippen LogP contribution < -0.4 is 0 Å². The van der Waals surface area contributed by atoms with E-state index in [9.17, 15) is 9.90 Å². The Kier molecular flexibility index (Phi) is 5.82. The Labute approximate surface area is 130 Å². The number of hydrogen-bond acceptors (Lipinski definition) is 3. The first-order valence-electron chi connectivity index (χ1n) is 5.74. The highest BCUT2D eigenvalue weighted by molar-refractivity contribution is 14.0. The molecule has 0 unspecified atom stereocenters. The summed E-state index contributed by atoms with van der Waals surface area (Å²) in [6.45, 7) is 0.894. The maximum Gasteiger partial charge on any atom is 0.153 e. The van der Waals surface area contributed by atoms with Gasteiger partial charge in [-0.05, 0) is 35.5 Å². The number of carbonyl (C=O) groups is 1. The summed E-state index contributed by atoms with van der Waals surface area (Å²) < 4.78 is 0. The van der Waals surface area contributed by atoms with Crippen LogP contribution in [0.4, 0.5) is 0 Å². The van der Waals surface area contributed by atoms with Gasteiger partial charge >= 0.3 is 0 Å². The summed E-state index contributed by atoms with van der Waals surface area (Å²) in [6, 6.07) is 4.97. The number of benzene rings is 1. The van der Waals surface area contributed by atoms with Gasteiger partial charge in [-0.1, -0.05) is 24.3 Å². The van der Waals surface area contributed by atoms with Gasteiger partial charge in [0.25, 0.3) is 0 Å². The average Bonchev–Trinajstić information content (AvgIpc) is 2.39. The lowest BCUT2D eigenvalue weighted by Crippen LogP contribution is -2.12. The number of carbonyl (C=O) groups excluding carboxylic acids is 1. The third kappa shape index (κ3) is 4.24. The van der Waals surface area contributed by atoms with Gasteiger partial charge in [-0.2, -0.15) is 0 Å². The maximum atomic E-state index is 10.7. The molecule has 0 aliphatic carbocycles. The number of hydrogen-bond donors (Lipinski definition) is 1. The number of halogens is 1. The van der Waals surface area contributed by atoms with E-state index in [1.807, 2.05) is 31.5 Å². The van der Waals surface area contributed by atoms with Crippen LogP contribution in [0, 0.1) is 0 Å². The fourth-order valence-corrected chi connectivity index (χ4v) is 1.68. The number of allylic oxidation sites excluding steroid dienone is 3. The van der Waals surface area contributed by atoms with Crippen molar-refractivity contribution in [2.45, 2.75) is 0 Å². The van der Waals surface area contributed by atoms with Crippen molar-refractivity contribution in [3.05, 3.63) is 59.3 Å². The number of phenols is 1. The predicted molar refractivity (Wildman–Crippen MR) is 87.8 cm³/mol. The number of phenolic OH excluding ortho intramolecular Hbond substituents is 1. The summed E-state index contributed by atoms with van der Waals surface area (Å²) >= 11 is 0. The van der Waals surface area contributed by atoms with Crippen molar-refractivity contribution >= 4 is 36.3 Å². The minimum Gasteiger partial charge on any atom is -0.507 e. The first-order chi connectivity index (χ1) is 8.69. The molecular weight excluding hydrogens is 353 g/mol. The first-order valence-corrected chi connectivity index (χ1v) is 5.74. The third-order valence-electron chi connectivity index (χ3n) is 2.78. The molecule has 0 fully saturated rings. The van der Waals surface area contributed by atoms with E-state index in [0.29, 0.717) is 11.8 Å². The molecule has 1 heterocycles. The van der Waals surface area contributed by atoms with E-state index < -0.39 is 0 Å². The highest BCUT2D eigenvalue weighted by Crippen LogP contribution is 2.18. The topological polar surface area (TPSA) is 40.5 Å². The quantitative estimate of drug-likeness (QED) is 0.657. The molecule has 0 saturated carbocycles. The van der Waals surface area contributed by atoms with Gasteiger partial charge in [0.05, 0.1) is 5.56 Å². The second-order valence-electron chi connectivity index (χ2n) is 4.23. The van der Waals surface area contributed by atoms with Gasteiger partial charge in [0.15, 0.2) is 6.29 Å². The normalized spacial score (nSPS) is 14.2. The molecule has 100 valence electrons. The van der Waals surface area contributed by atoms with Crippen molar-refractivity contribution in [2.75, 3.05) is 13.6 Å². The first kappa shape index (κ1) is 15.5. The van der Waals surface area contributed by atoms with Crippen LogP contribution in [-0.4, -0.2) is 29.9 Å². The second kappa shape index (κ2) is 7.13. The molecule has 1 aromatic carbocycles. The number of aromatic hydroxyl groups is 1. The predicted octanol–water partition coefficient (Wildman–Crippen LogP) is 3.22. The van der Waals surface area contributed by atoms with Crippen LogP contribution in [0.15, 0.2) is 48.2 Å². The Balaban J connectivity index is 0.00000180. The van der Waals surface area contributed by atoms with Crippen LogP contribution in [0.2, 0.25) is 0 Å². The zero-order valence-electron chi connectivity index (χ0n) is 10.6. The maximum absolute atomic E-state index is 10.7. The Morgan fingerprint density at radius 2 is 2.11 bits per heavy atom. The van der Waals surface area contributed by atoms with Crippen LogP contribution >= 0.6 is 24.0 Å². The van der Waals surface area contributed by atoms with E-state index in [1.165, 1.54) is 6.07 Å². The lowest BCUT2D eigenvalue weighted by molar-refractivity contribution is 0.112. The zero-order chi connectivity index (χ0) is 13.0. The Morgan fingerprint density at radius 1 is 1.32 bits per heavy atom. The van der Waals surface area contributed by atoms with Crippen molar-refractivity contribution in [1.82, 2.24) is 4.90 Å². The lowest BCUT2D eigenvalue weighted by Gasteiger charge is -2.15. The summed E-state index contributed by atoms with van der Waals surface area (Å²) in [5.41, 5.74) is 2.34. The Hall–Kier alpha value is -1.56. The minimum absolute atomic E-state index is 0. The zero-order valence-corrected chi connectivity index (χ0v) is 12.9. The van der Waals surface area contributed by atoms with E-state index in [2.05, 4.69) is 11.0 Å². The molecule has 0 saturated heterocycles. The smallest absolute Gasteiger partial charge is 0.153 e. The van der Waals surface area contributed by atoms with Gasteiger partial charge in [0, 0.05) is 13.6 Å². The minimum atomic E-state index is 0. The van der Waals surface area contributed by atoms with E-state index >= 15 is 0 Å². The van der Waals surface area contributed by atoms with Gasteiger partial charge in [-0.3, -0.25) is 4.79 Å². The van der Waals surface area contributed by atoms with Gasteiger partial charge in [-0.25, -0.2) is 0 Å². The summed E-state index contributed by atoms with van der Waals surface area (Å²) in [7, 11) is 2.02. The third-order valence-corrected chi connectivity index (χ3v) is 2.78. The van der Waals surface area contributed by atoms with Gasteiger partial charge in [0.2, 0.25) is 0 Å². The highest BCUT2D eigenvalue weighted by atomic mass is 127.